The van der Waals surface area contributed by atoms with Crippen molar-refractivity contribution in [2.24, 2.45) is 0 Å². The van der Waals surface area contributed by atoms with Crippen LogP contribution >= 0.6 is 23.2 Å². The molecule has 0 spiro atoms. The molecule has 44 heavy (non-hydrogen) atoms. The van der Waals surface area contributed by atoms with Crippen LogP contribution in [0.1, 0.15) is 37.3 Å². The van der Waals surface area contributed by atoms with Crippen molar-refractivity contribution in [3.05, 3.63) is 130 Å². The number of nitrogens with zero attached hydrogens (tertiary/aromatic N) is 3. The van der Waals surface area contributed by atoms with E-state index in [1.54, 1.807) is 91.0 Å². The first-order chi connectivity index (χ1) is 21.4. The molecule has 0 saturated carbocycles. The maximum Gasteiger partial charge on any atom is 0.338 e. The van der Waals surface area contributed by atoms with Crippen molar-refractivity contribution >= 4 is 52.1 Å². The maximum atomic E-state index is 13.4. The van der Waals surface area contributed by atoms with E-state index in [-0.39, 0.29) is 33.6 Å². The molecule has 5 aromatic rings. The van der Waals surface area contributed by atoms with E-state index in [0.717, 1.165) is 0 Å². The Morgan fingerprint density at radius 1 is 0.727 bits per heavy atom. The van der Waals surface area contributed by atoms with Gasteiger partial charge in [0, 0.05) is 6.20 Å². The first kappa shape index (κ1) is 29.3. The van der Waals surface area contributed by atoms with E-state index in [0.29, 0.717) is 10.9 Å². The molecule has 0 unspecified atom stereocenters. The van der Waals surface area contributed by atoms with Crippen LogP contribution in [0.5, 0.6) is 0 Å². The Kier molecular flexibility index (Phi) is 8.56. The van der Waals surface area contributed by atoms with E-state index >= 15 is 0 Å². The molecule has 10 nitrogen and oxygen atoms in total. The molecule has 0 bridgehead atoms. The van der Waals surface area contributed by atoms with Crippen molar-refractivity contribution in [2.45, 2.75) is 24.5 Å². The summed E-state index contributed by atoms with van der Waals surface area (Å²) in [6.45, 7) is -0.334. The summed E-state index contributed by atoms with van der Waals surface area (Å²) in [5.74, 6) is -2.00. The Balaban J connectivity index is 1.39. The van der Waals surface area contributed by atoms with Crippen LogP contribution in [0.3, 0.4) is 0 Å². The number of hydrogen-bond donors (Lipinski definition) is 0. The van der Waals surface area contributed by atoms with Gasteiger partial charge in [-0.3, -0.25) is 0 Å². The molecule has 222 valence electrons. The topological polar surface area (TPSA) is 119 Å². The highest BCUT2D eigenvalue weighted by Gasteiger charge is 2.52. The molecule has 0 radical (unpaired) electrons. The van der Waals surface area contributed by atoms with Gasteiger partial charge in [0.25, 0.3) is 0 Å². The monoisotopic (exact) mass is 631 g/mol. The second kappa shape index (κ2) is 12.8. The lowest BCUT2D eigenvalue weighted by Crippen LogP contribution is -2.41. The van der Waals surface area contributed by atoms with Gasteiger partial charge >= 0.3 is 17.9 Å². The average molecular weight is 632 g/mol. The molecule has 1 saturated heterocycles. The van der Waals surface area contributed by atoms with E-state index in [1.807, 2.05) is 0 Å². The normalized spacial score (nSPS) is 19.4. The van der Waals surface area contributed by atoms with Crippen molar-refractivity contribution in [2.75, 3.05) is 6.61 Å². The number of ether oxygens (including phenoxy) is 4. The Hall–Kier alpha value is -4.77. The van der Waals surface area contributed by atoms with Gasteiger partial charge in [0.2, 0.25) is 0 Å². The zero-order valence-electron chi connectivity index (χ0n) is 22.8. The largest absolute Gasteiger partial charge is 0.459 e. The molecule has 0 N–H and O–H groups in total. The second-order valence-electron chi connectivity index (χ2n) is 9.75. The van der Waals surface area contributed by atoms with E-state index < -0.39 is 42.4 Å². The van der Waals surface area contributed by atoms with Crippen LogP contribution in [-0.2, 0) is 18.9 Å². The number of carbonyl (C=O) groups is 3. The molecule has 1 aliphatic rings. The quantitative estimate of drug-likeness (QED) is 0.116. The lowest BCUT2D eigenvalue weighted by molar-refractivity contribution is -0.0604. The molecule has 4 atom stereocenters. The SMILES string of the molecule is O=C(OC[C@H]1O[C@@H](n2cc(Cl)c3c(Cl)ncnc32)[C@H](OC(=O)c2ccccc2)[C@@H]1OC(=O)c1ccccc1)c1ccccc1. The van der Waals surface area contributed by atoms with Gasteiger partial charge in [-0.2, -0.15) is 0 Å². The van der Waals surface area contributed by atoms with Gasteiger partial charge in [-0.05, 0) is 36.4 Å². The summed E-state index contributed by atoms with van der Waals surface area (Å²) in [6, 6.07) is 25.0. The van der Waals surface area contributed by atoms with E-state index in [1.165, 1.54) is 17.1 Å². The minimum absolute atomic E-state index is 0.106. The van der Waals surface area contributed by atoms with Crippen molar-refractivity contribution in [3.63, 3.8) is 0 Å². The van der Waals surface area contributed by atoms with Crippen LogP contribution in [0.2, 0.25) is 10.2 Å². The average Bonchev–Trinajstić information content (AvgIpc) is 3.57. The number of fused-ring (bicyclic) bond motifs is 1. The zero-order chi connectivity index (χ0) is 30.6. The first-order valence-corrected chi connectivity index (χ1v) is 14.2. The van der Waals surface area contributed by atoms with Crippen LogP contribution in [0.25, 0.3) is 11.0 Å². The maximum absolute atomic E-state index is 13.4. The van der Waals surface area contributed by atoms with Crippen LogP contribution in [-0.4, -0.2) is 57.4 Å². The number of rotatable bonds is 8. The molecule has 1 aliphatic heterocycles. The van der Waals surface area contributed by atoms with E-state index in [2.05, 4.69) is 9.97 Å². The van der Waals surface area contributed by atoms with Crippen LogP contribution in [0.4, 0.5) is 0 Å². The van der Waals surface area contributed by atoms with Crippen molar-refractivity contribution < 1.29 is 33.3 Å². The van der Waals surface area contributed by atoms with Gasteiger partial charge in [0.1, 0.15) is 29.8 Å². The zero-order valence-corrected chi connectivity index (χ0v) is 24.3. The third-order valence-corrected chi connectivity index (χ3v) is 7.54. The van der Waals surface area contributed by atoms with E-state index in [9.17, 15) is 14.4 Å². The van der Waals surface area contributed by atoms with Crippen molar-refractivity contribution in [1.29, 1.82) is 0 Å². The molecule has 12 heteroatoms. The van der Waals surface area contributed by atoms with Crippen molar-refractivity contribution in [3.8, 4) is 0 Å². The fraction of sp³-hybridized carbons (Fsp3) is 0.156. The highest BCUT2D eigenvalue weighted by atomic mass is 35.5. The molecule has 0 aliphatic carbocycles. The van der Waals surface area contributed by atoms with Gasteiger partial charge in [-0.1, -0.05) is 77.8 Å². The van der Waals surface area contributed by atoms with Gasteiger partial charge in [0.05, 0.1) is 27.1 Å². The Morgan fingerprint density at radius 3 is 1.82 bits per heavy atom. The molecule has 3 heterocycles. The number of carbonyl (C=O) groups excluding carboxylic acids is 3. The smallest absolute Gasteiger partial charge is 0.338 e. The number of benzene rings is 3. The summed E-state index contributed by atoms with van der Waals surface area (Å²) in [4.78, 5) is 47.9. The predicted molar refractivity (Wildman–Crippen MR) is 159 cm³/mol. The van der Waals surface area contributed by atoms with Gasteiger partial charge in [-0.15, -0.1) is 0 Å². The summed E-state index contributed by atoms with van der Waals surface area (Å²) in [6.07, 6.45) is -1.90. The Labute approximate surface area is 261 Å². The lowest BCUT2D eigenvalue weighted by Gasteiger charge is -2.25. The predicted octanol–water partition coefficient (Wildman–Crippen LogP) is 5.94. The summed E-state index contributed by atoms with van der Waals surface area (Å²) in [5, 5.41) is 0.679. The molecular formula is C32H23Cl2N3O7. The van der Waals surface area contributed by atoms with Gasteiger partial charge in [-0.25, -0.2) is 24.4 Å². The Morgan fingerprint density at radius 2 is 1.25 bits per heavy atom. The van der Waals surface area contributed by atoms with Crippen molar-refractivity contribution in [1.82, 2.24) is 14.5 Å². The number of esters is 3. The third-order valence-electron chi connectivity index (χ3n) is 6.97. The fourth-order valence-corrected chi connectivity index (χ4v) is 5.44. The van der Waals surface area contributed by atoms with Crippen LogP contribution in [0, 0.1) is 0 Å². The third kappa shape index (κ3) is 6.00. The minimum Gasteiger partial charge on any atom is -0.459 e. The molecular weight excluding hydrogens is 609 g/mol. The molecule has 2 aromatic heterocycles. The summed E-state index contributed by atoms with van der Waals surface area (Å²) < 4.78 is 25.4. The van der Waals surface area contributed by atoms with Gasteiger partial charge < -0.3 is 23.5 Å². The molecule has 1 fully saturated rings. The second-order valence-corrected chi connectivity index (χ2v) is 10.5. The summed E-state index contributed by atoms with van der Waals surface area (Å²) >= 11 is 12.8. The highest BCUT2D eigenvalue weighted by Crippen LogP contribution is 2.40. The summed E-state index contributed by atoms with van der Waals surface area (Å²) in [7, 11) is 0. The summed E-state index contributed by atoms with van der Waals surface area (Å²) in [5.41, 5.74) is 1.13. The Bertz CT molecular complexity index is 1800. The standard InChI is InChI=1S/C32H23Cl2N3O7/c33-22-16-37(28-24(22)27(34)35-18-36-28)29-26(44-32(40)21-14-8-3-9-15-21)25(43-31(39)20-12-6-2-7-13-20)23(42-29)17-41-30(38)19-10-4-1-5-11-19/h1-16,18,23,25-26,29H,17H2/t23-,25-,26-,29-/m1/s1. The van der Waals surface area contributed by atoms with E-state index in [4.69, 9.17) is 42.1 Å². The number of halogens is 2. The minimum atomic E-state index is -1.24. The van der Waals surface area contributed by atoms with Crippen LogP contribution < -0.4 is 0 Å². The molecule has 0 amide bonds. The van der Waals surface area contributed by atoms with Gasteiger partial charge in [0.15, 0.2) is 18.4 Å². The number of hydrogen-bond acceptors (Lipinski definition) is 9. The number of aromatic nitrogens is 3. The lowest BCUT2D eigenvalue weighted by atomic mass is 10.1. The first-order valence-electron chi connectivity index (χ1n) is 13.5. The molecule has 3 aromatic carbocycles. The highest BCUT2D eigenvalue weighted by molar-refractivity contribution is 6.41. The fourth-order valence-electron chi connectivity index (χ4n) is 4.88. The van der Waals surface area contributed by atoms with Crippen LogP contribution in [0.15, 0.2) is 104 Å². The molecule has 6 rings (SSSR count).